The number of rotatable bonds is 5. The minimum absolute atomic E-state index is 0.317. The van der Waals surface area contributed by atoms with E-state index >= 15 is 0 Å². The molecule has 0 aromatic carbocycles. The highest BCUT2D eigenvalue weighted by molar-refractivity contribution is 7.13. The van der Waals surface area contributed by atoms with Crippen LogP contribution in [-0.4, -0.2) is 38.4 Å². The van der Waals surface area contributed by atoms with Gasteiger partial charge in [0.15, 0.2) is 5.13 Å². The summed E-state index contributed by atoms with van der Waals surface area (Å²) in [5.41, 5.74) is -3.15. The molecule has 2 aromatic rings. The summed E-state index contributed by atoms with van der Waals surface area (Å²) in [6.07, 6.45) is -1.76. The maximum Gasteiger partial charge on any atom is 0.424 e. The van der Waals surface area contributed by atoms with Crippen LogP contribution in [0.4, 0.5) is 23.1 Å². The molecule has 2 amide bonds. The van der Waals surface area contributed by atoms with Crippen LogP contribution in [-0.2, 0) is 12.6 Å². The Morgan fingerprint density at radius 3 is 2.65 bits per heavy atom. The van der Waals surface area contributed by atoms with E-state index in [9.17, 15) is 23.1 Å². The summed E-state index contributed by atoms with van der Waals surface area (Å²) < 4.78 is 40.8. The number of urea groups is 1. The number of carbonyl (C=O) groups excluding carboxylic acids is 1. The summed E-state index contributed by atoms with van der Waals surface area (Å²) in [5, 5.41) is 16.6. The van der Waals surface area contributed by atoms with E-state index in [4.69, 9.17) is 0 Å². The van der Waals surface area contributed by atoms with Gasteiger partial charge in [0.25, 0.3) is 0 Å². The summed E-state index contributed by atoms with van der Waals surface area (Å²) in [6, 6.07) is -0.704. The van der Waals surface area contributed by atoms with Gasteiger partial charge in [0.1, 0.15) is 5.82 Å². The van der Waals surface area contributed by atoms with Gasteiger partial charge in [-0.05, 0) is 0 Å². The summed E-state index contributed by atoms with van der Waals surface area (Å²) in [7, 11) is 1.35. The third-order valence-electron chi connectivity index (χ3n) is 3.09. The molecule has 0 unspecified atom stereocenters. The number of amides is 2. The van der Waals surface area contributed by atoms with Gasteiger partial charge in [-0.1, -0.05) is 0 Å². The Morgan fingerprint density at radius 2 is 2.13 bits per heavy atom. The molecule has 23 heavy (non-hydrogen) atoms. The number of imidazole rings is 1. The molecule has 1 atom stereocenters. The Bertz CT molecular complexity index is 658. The average molecular weight is 349 g/mol. The number of halogens is 3. The van der Waals surface area contributed by atoms with Gasteiger partial charge >= 0.3 is 12.2 Å². The number of aliphatic hydroxyl groups is 1. The minimum Gasteiger partial charge on any atom is -0.374 e. The summed E-state index contributed by atoms with van der Waals surface area (Å²) >= 11 is 1.17. The molecule has 126 valence electrons. The van der Waals surface area contributed by atoms with Crippen molar-refractivity contribution in [3.8, 4) is 0 Å². The first-order chi connectivity index (χ1) is 10.7. The largest absolute Gasteiger partial charge is 0.424 e. The Kier molecular flexibility index (Phi) is 4.90. The standard InChI is InChI=1S/C12H14F3N5O2S/c1-20-6-4-16-8(20)11(22,12(13,14)15)2-3-17-9(21)19-10-18-5-7-23-10/h4-7,22H,2-3H2,1H3,(H2,17,18,19,21)/t11-/m0/s1. The van der Waals surface area contributed by atoms with E-state index < -0.39 is 36.6 Å². The highest BCUT2D eigenvalue weighted by Crippen LogP contribution is 2.40. The lowest BCUT2D eigenvalue weighted by molar-refractivity contribution is -0.272. The highest BCUT2D eigenvalue weighted by atomic mass is 32.1. The van der Waals surface area contributed by atoms with Gasteiger partial charge in [0.2, 0.25) is 5.60 Å². The molecule has 2 heterocycles. The van der Waals surface area contributed by atoms with E-state index in [2.05, 4.69) is 20.6 Å². The second-order valence-corrected chi connectivity index (χ2v) is 5.58. The van der Waals surface area contributed by atoms with Crippen LogP contribution < -0.4 is 10.6 Å². The number of hydrogen-bond acceptors (Lipinski definition) is 5. The summed E-state index contributed by atoms with van der Waals surface area (Å²) in [6.45, 7) is -0.403. The molecule has 0 aliphatic rings. The van der Waals surface area contributed by atoms with Gasteiger partial charge in [-0.3, -0.25) is 5.32 Å². The van der Waals surface area contributed by atoms with E-state index in [1.807, 2.05) is 0 Å². The Balaban J connectivity index is 2.00. The summed E-state index contributed by atoms with van der Waals surface area (Å²) in [4.78, 5) is 18.9. The van der Waals surface area contributed by atoms with Crippen LogP contribution >= 0.6 is 11.3 Å². The zero-order valence-corrected chi connectivity index (χ0v) is 12.8. The van der Waals surface area contributed by atoms with Gasteiger partial charge in [-0.15, -0.1) is 11.3 Å². The fourth-order valence-corrected chi connectivity index (χ4v) is 2.45. The number of carbonyl (C=O) groups is 1. The fourth-order valence-electron chi connectivity index (χ4n) is 1.93. The lowest BCUT2D eigenvalue weighted by Gasteiger charge is -2.29. The van der Waals surface area contributed by atoms with Crippen molar-refractivity contribution in [1.29, 1.82) is 0 Å². The average Bonchev–Trinajstić information content (AvgIpc) is 3.08. The quantitative estimate of drug-likeness (QED) is 0.768. The van der Waals surface area contributed by atoms with Gasteiger partial charge in [0, 0.05) is 44.0 Å². The molecule has 0 saturated carbocycles. The fraction of sp³-hybridized carbons (Fsp3) is 0.417. The highest BCUT2D eigenvalue weighted by Gasteiger charge is 2.57. The van der Waals surface area contributed by atoms with E-state index in [-0.39, 0.29) is 0 Å². The van der Waals surface area contributed by atoms with Crippen LogP contribution in [0.1, 0.15) is 12.2 Å². The SMILES string of the molecule is Cn1ccnc1[C@@](O)(CCNC(=O)Nc1nccs1)C(F)(F)F. The molecule has 3 N–H and O–H groups in total. The maximum absolute atomic E-state index is 13.2. The van der Waals surface area contributed by atoms with Crippen molar-refractivity contribution in [2.24, 2.45) is 7.05 Å². The first-order valence-electron chi connectivity index (χ1n) is 6.45. The first kappa shape index (κ1) is 17.2. The van der Waals surface area contributed by atoms with Crippen molar-refractivity contribution >= 4 is 22.5 Å². The van der Waals surface area contributed by atoms with Crippen LogP contribution in [0.25, 0.3) is 0 Å². The topological polar surface area (TPSA) is 92.1 Å². The lowest BCUT2D eigenvalue weighted by Crippen LogP contribution is -2.47. The molecule has 2 rings (SSSR count). The number of aryl methyl sites for hydroxylation is 1. The minimum atomic E-state index is -4.93. The van der Waals surface area contributed by atoms with E-state index in [0.29, 0.717) is 5.13 Å². The predicted molar refractivity (Wildman–Crippen MR) is 76.9 cm³/mol. The van der Waals surface area contributed by atoms with Crippen molar-refractivity contribution < 1.29 is 23.1 Å². The number of thiazole rings is 1. The van der Waals surface area contributed by atoms with Gasteiger partial charge in [-0.25, -0.2) is 14.8 Å². The van der Waals surface area contributed by atoms with Crippen molar-refractivity contribution in [1.82, 2.24) is 19.9 Å². The zero-order chi connectivity index (χ0) is 17.1. The van der Waals surface area contributed by atoms with E-state index in [1.54, 1.807) is 5.38 Å². The third-order valence-corrected chi connectivity index (χ3v) is 3.77. The molecule has 2 aromatic heterocycles. The lowest BCUT2D eigenvalue weighted by atomic mass is 9.97. The van der Waals surface area contributed by atoms with Crippen LogP contribution in [0.15, 0.2) is 24.0 Å². The molecule has 0 aliphatic carbocycles. The van der Waals surface area contributed by atoms with Crippen LogP contribution in [0.5, 0.6) is 0 Å². The number of nitrogens with one attached hydrogen (secondary N) is 2. The third kappa shape index (κ3) is 3.79. The number of alkyl halides is 3. The second-order valence-electron chi connectivity index (χ2n) is 4.69. The normalized spacial score (nSPS) is 14.3. The Hall–Kier alpha value is -2.14. The molecular formula is C12H14F3N5O2S. The molecule has 0 fully saturated rings. The van der Waals surface area contributed by atoms with Gasteiger partial charge < -0.3 is 15.0 Å². The zero-order valence-electron chi connectivity index (χ0n) is 12.0. The summed E-state index contributed by atoms with van der Waals surface area (Å²) in [5.74, 6) is -0.535. The molecule has 0 spiro atoms. The number of nitrogens with zero attached hydrogens (tertiary/aromatic N) is 3. The predicted octanol–water partition coefficient (Wildman–Crippen LogP) is 1.84. The van der Waals surface area contributed by atoms with Crippen LogP contribution in [0.3, 0.4) is 0 Å². The van der Waals surface area contributed by atoms with Crippen LogP contribution in [0.2, 0.25) is 0 Å². The van der Waals surface area contributed by atoms with Crippen molar-refractivity contribution in [2.75, 3.05) is 11.9 Å². The molecule has 0 saturated heterocycles. The second kappa shape index (κ2) is 6.54. The maximum atomic E-state index is 13.2. The molecule has 11 heteroatoms. The Morgan fingerprint density at radius 1 is 1.39 bits per heavy atom. The smallest absolute Gasteiger partial charge is 0.374 e. The molecule has 0 radical (unpaired) electrons. The number of hydrogen-bond donors (Lipinski definition) is 3. The van der Waals surface area contributed by atoms with Crippen molar-refractivity contribution in [3.05, 3.63) is 29.8 Å². The van der Waals surface area contributed by atoms with E-state index in [0.717, 1.165) is 10.8 Å². The molecular weight excluding hydrogens is 335 g/mol. The number of anilines is 1. The van der Waals surface area contributed by atoms with Gasteiger partial charge in [0.05, 0.1) is 0 Å². The molecule has 7 nitrogen and oxygen atoms in total. The van der Waals surface area contributed by atoms with Gasteiger partial charge in [-0.2, -0.15) is 13.2 Å². The molecule has 0 bridgehead atoms. The van der Waals surface area contributed by atoms with Crippen molar-refractivity contribution in [2.45, 2.75) is 18.2 Å². The van der Waals surface area contributed by atoms with E-state index in [1.165, 1.54) is 30.8 Å². The first-order valence-corrected chi connectivity index (χ1v) is 7.33. The van der Waals surface area contributed by atoms with Crippen molar-refractivity contribution in [3.63, 3.8) is 0 Å². The monoisotopic (exact) mass is 349 g/mol. The Labute approximate surface area is 133 Å². The van der Waals surface area contributed by atoms with Crippen LogP contribution in [0, 0.1) is 0 Å². The number of aromatic nitrogens is 3. The molecule has 0 aliphatic heterocycles.